The number of fused-ring (bicyclic) bond motifs is 1. The first-order valence-electron chi connectivity index (χ1n) is 11.9. The SMILES string of the molecule is CN(C)[C@@H](Cc1ccccc1)C(=O)N[C@@H](Cc1cn(Cc2ccc(O)cc2)c2ccccc12)C(=O)O. The van der Waals surface area contributed by atoms with Gasteiger partial charge >= 0.3 is 5.97 Å². The highest BCUT2D eigenvalue weighted by molar-refractivity contribution is 5.89. The van der Waals surface area contributed by atoms with E-state index in [-0.39, 0.29) is 18.1 Å². The molecule has 0 unspecified atom stereocenters. The van der Waals surface area contributed by atoms with Gasteiger partial charge in [-0.05, 0) is 55.4 Å². The van der Waals surface area contributed by atoms with Crippen LogP contribution < -0.4 is 5.32 Å². The molecule has 3 N–H and O–H groups in total. The van der Waals surface area contributed by atoms with Crippen molar-refractivity contribution in [3.05, 3.63) is 102 Å². The molecule has 1 heterocycles. The number of carbonyl (C=O) groups excluding carboxylic acids is 1. The van der Waals surface area contributed by atoms with Crippen LogP contribution in [0.2, 0.25) is 0 Å². The second-order valence-electron chi connectivity index (χ2n) is 9.24. The molecule has 0 fully saturated rings. The van der Waals surface area contributed by atoms with Crippen molar-refractivity contribution in [2.45, 2.75) is 31.5 Å². The normalized spacial score (nSPS) is 13.0. The van der Waals surface area contributed by atoms with Crippen molar-refractivity contribution < 1.29 is 19.8 Å². The lowest BCUT2D eigenvalue weighted by atomic mass is 10.0. The molecule has 0 radical (unpaired) electrons. The van der Waals surface area contributed by atoms with E-state index in [0.717, 1.165) is 27.6 Å². The Morgan fingerprint density at radius 3 is 2.22 bits per heavy atom. The lowest BCUT2D eigenvalue weighted by molar-refractivity contribution is -0.142. The molecule has 4 aromatic rings. The number of benzene rings is 3. The third-order valence-electron chi connectivity index (χ3n) is 6.40. The Balaban J connectivity index is 1.56. The van der Waals surface area contributed by atoms with Crippen LogP contribution in [0.3, 0.4) is 0 Å². The molecule has 36 heavy (non-hydrogen) atoms. The Bertz CT molecular complexity index is 1330. The first-order valence-corrected chi connectivity index (χ1v) is 11.9. The molecule has 4 rings (SSSR count). The van der Waals surface area contributed by atoms with Gasteiger partial charge in [-0.3, -0.25) is 9.69 Å². The molecule has 0 bridgehead atoms. The van der Waals surface area contributed by atoms with E-state index in [1.165, 1.54) is 0 Å². The fourth-order valence-corrected chi connectivity index (χ4v) is 4.45. The van der Waals surface area contributed by atoms with Crippen LogP contribution in [0.4, 0.5) is 0 Å². The molecule has 7 nitrogen and oxygen atoms in total. The Labute approximate surface area is 210 Å². The largest absolute Gasteiger partial charge is 0.508 e. The van der Waals surface area contributed by atoms with E-state index in [4.69, 9.17) is 0 Å². The quantitative estimate of drug-likeness (QED) is 0.319. The number of para-hydroxylation sites is 1. The molecule has 0 aliphatic rings. The second kappa shape index (κ2) is 11.1. The standard InChI is InChI=1S/C29H31N3O4/c1-31(2)27(16-20-8-4-3-5-9-20)28(34)30-25(29(35)36)17-22-19-32(26-11-7-6-10-24(22)26)18-21-12-14-23(33)15-13-21/h3-15,19,25,27,33H,16-18H2,1-2H3,(H,30,34)(H,35,36)/t25-,27-/m0/s1. The van der Waals surface area contributed by atoms with Gasteiger partial charge in [-0.1, -0.05) is 60.7 Å². The topological polar surface area (TPSA) is 94.8 Å². The molecule has 0 aliphatic heterocycles. The van der Waals surface area contributed by atoms with Crippen molar-refractivity contribution >= 4 is 22.8 Å². The number of hydrogen-bond acceptors (Lipinski definition) is 4. The maximum atomic E-state index is 13.2. The minimum atomic E-state index is -1.07. The highest BCUT2D eigenvalue weighted by Gasteiger charge is 2.28. The molecule has 0 saturated heterocycles. The number of carboxylic acids is 1. The smallest absolute Gasteiger partial charge is 0.326 e. The maximum absolute atomic E-state index is 13.2. The molecular weight excluding hydrogens is 454 g/mol. The number of nitrogens with one attached hydrogen (secondary N) is 1. The van der Waals surface area contributed by atoms with Crippen LogP contribution in [0.15, 0.2) is 85.1 Å². The number of likely N-dealkylation sites (N-methyl/N-ethyl adjacent to an activating group) is 1. The molecule has 1 aromatic heterocycles. The van der Waals surface area contributed by atoms with Gasteiger partial charge in [-0.2, -0.15) is 0 Å². The van der Waals surface area contributed by atoms with Gasteiger partial charge in [0.25, 0.3) is 0 Å². The average Bonchev–Trinajstić information content (AvgIpc) is 3.21. The van der Waals surface area contributed by atoms with Crippen LogP contribution in [0.5, 0.6) is 5.75 Å². The minimum absolute atomic E-state index is 0.162. The number of hydrogen-bond donors (Lipinski definition) is 3. The predicted octanol–water partition coefficient (Wildman–Crippen LogP) is 3.68. The third kappa shape index (κ3) is 5.93. The monoisotopic (exact) mass is 485 g/mol. The van der Waals surface area contributed by atoms with Gasteiger partial charge < -0.3 is 20.1 Å². The summed E-state index contributed by atoms with van der Waals surface area (Å²) in [7, 11) is 3.64. The summed E-state index contributed by atoms with van der Waals surface area (Å²) >= 11 is 0. The Hall–Kier alpha value is -4.10. The third-order valence-corrected chi connectivity index (χ3v) is 6.40. The number of rotatable bonds is 10. The van der Waals surface area contributed by atoms with Crippen molar-refractivity contribution in [1.82, 2.24) is 14.8 Å². The fourth-order valence-electron chi connectivity index (χ4n) is 4.45. The minimum Gasteiger partial charge on any atom is -0.508 e. The number of phenolic OH excluding ortho intramolecular Hbond substituents is 1. The zero-order valence-electron chi connectivity index (χ0n) is 20.5. The Kier molecular flexibility index (Phi) is 7.71. The zero-order valence-corrected chi connectivity index (χ0v) is 20.5. The molecule has 1 amide bonds. The van der Waals surface area contributed by atoms with Crippen LogP contribution in [-0.2, 0) is 29.0 Å². The van der Waals surface area contributed by atoms with Gasteiger partial charge in [-0.25, -0.2) is 4.79 Å². The summed E-state index contributed by atoms with van der Waals surface area (Å²) in [6.45, 7) is 0.574. The molecule has 0 aliphatic carbocycles. The van der Waals surface area contributed by atoms with E-state index in [1.807, 2.05) is 91.9 Å². The van der Waals surface area contributed by atoms with Crippen molar-refractivity contribution in [2.24, 2.45) is 0 Å². The summed E-state index contributed by atoms with van der Waals surface area (Å²) in [6, 6.07) is 23.0. The average molecular weight is 486 g/mol. The van der Waals surface area contributed by atoms with Gasteiger partial charge in [0.2, 0.25) is 5.91 Å². The number of carboxylic acid groups (broad SMARTS) is 1. The zero-order chi connectivity index (χ0) is 25.7. The lowest BCUT2D eigenvalue weighted by Gasteiger charge is -2.25. The number of carbonyl (C=O) groups is 2. The number of aliphatic carboxylic acids is 1. The van der Waals surface area contributed by atoms with E-state index in [9.17, 15) is 19.8 Å². The predicted molar refractivity (Wildman–Crippen MR) is 140 cm³/mol. The fraction of sp³-hybridized carbons (Fsp3) is 0.241. The van der Waals surface area contributed by atoms with Crippen molar-refractivity contribution in [2.75, 3.05) is 14.1 Å². The Morgan fingerprint density at radius 1 is 0.889 bits per heavy atom. The molecule has 3 aromatic carbocycles. The summed E-state index contributed by atoms with van der Waals surface area (Å²) in [5.74, 6) is -1.18. The summed E-state index contributed by atoms with van der Waals surface area (Å²) in [5, 5.41) is 23.3. The number of amides is 1. The molecular formula is C29H31N3O4. The highest BCUT2D eigenvalue weighted by atomic mass is 16.4. The van der Waals surface area contributed by atoms with Gasteiger partial charge in [0.05, 0.1) is 6.04 Å². The number of phenols is 1. The summed E-state index contributed by atoms with van der Waals surface area (Å²) in [4.78, 5) is 27.2. The van der Waals surface area contributed by atoms with Crippen molar-refractivity contribution in [3.8, 4) is 5.75 Å². The van der Waals surface area contributed by atoms with E-state index < -0.39 is 18.1 Å². The lowest BCUT2D eigenvalue weighted by Crippen LogP contribution is -2.51. The van der Waals surface area contributed by atoms with Crippen LogP contribution in [0.25, 0.3) is 10.9 Å². The first kappa shape index (κ1) is 25.0. The van der Waals surface area contributed by atoms with Crippen LogP contribution in [-0.4, -0.2) is 57.7 Å². The van der Waals surface area contributed by atoms with Gasteiger partial charge in [0, 0.05) is 30.1 Å². The van der Waals surface area contributed by atoms with Crippen LogP contribution in [0, 0.1) is 0 Å². The summed E-state index contributed by atoms with van der Waals surface area (Å²) < 4.78 is 2.07. The number of aromatic nitrogens is 1. The van der Waals surface area contributed by atoms with Crippen LogP contribution >= 0.6 is 0 Å². The highest BCUT2D eigenvalue weighted by Crippen LogP contribution is 2.24. The molecule has 7 heteroatoms. The maximum Gasteiger partial charge on any atom is 0.326 e. The second-order valence-corrected chi connectivity index (χ2v) is 9.24. The molecule has 186 valence electrons. The molecule has 0 spiro atoms. The van der Waals surface area contributed by atoms with E-state index in [1.54, 1.807) is 12.1 Å². The number of aromatic hydroxyl groups is 1. The first-order chi connectivity index (χ1) is 17.3. The van der Waals surface area contributed by atoms with E-state index in [0.29, 0.717) is 13.0 Å². The summed E-state index contributed by atoms with van der Waals surface area (Å²) in [5.41, 5.74) is 3.85. The molecule has 2 atom stereocenters. The van der Waals surface area contributed by atoms with Gasteiger partial charge in [0.15, 0.2) is 0 Å². The Morgan fingerprint density at radius 2 is 1.56 bits per heavy atom. The van der Waals surface area contributed by atoms with Crippen molar-refractivity contribution in [1.29, 1.82) is 0 Å². The van der Waals surface area contributed by atoms with Crippen molar-refractivity contribution in [3.63, 3.8) is 0 Å². The van der Waals surface area contributed by atoms with Gasteiger partial charge in [0.1, 0.15) is 11.8 Å². The number of nitrogens with zero attached hydrogens (tertiary/aromatic N) is 2. The van der Waals surface area contributed by atoms with E-state index >= 15 is 0 Å². The van der Waals surface area contributed by atoms with E-state index in [2.05, 4.69) is 9.88 Å². The summed E-state index contributed by atoms with van der Waals surface area (Å²) in [6.07, 6.45) is 2.60. The molecule has 0 saturated carbocycles. The van der Waals surface area contributed by atoms with Gasteiger partial charge in [-0.15, -0.1) is 0 Å². The van der Waals surface area contributed by atoms with Crippen LogP contribution in [0.1, 0.15) is 16.7 Å².